The fourth-order valence-electron chi connectivity index (χ4n) is 3.01. The molecule has 0 saturated carbocycles. The molecule has 1 aliphatic rings. The molecular weight excluding hydrogens is 212 g/mol. The van der Waals surface area contributed by atoms with Gasteiger partial charge >= 0.3 is 5.97 Å². The molecule has 2 nitrogen and oxygen atoms in total. The van der Waals surface area contributed by atoms with E-state index in [0.717, 1.165) is 19.3 Å². The topological polar surface area (TPSA) is 37.3 Å². The molecule has 92 valence electrons. The van der Waals surface area contributed by atoms with Crippen LogP contribution in [0.1, 0.15) is 49.7 Å². The number of benzene rings is 1. The molecule has 2 unspecified atom stereocenters. The summed E-state index contributed by atoms with van der Waals surface area (Å²) in [5.41, 5.74) is 2.63. The van der Waals surface area contributed by atoms with E-state index in [9.17, 15) is 9.90 Å². The molecule has 2 rings (SSSR count). The number of carboxylic acids is 1. The Balaban J connectivity index is 2.37. The van der Waals surface area contributed by atoms with Crippen molar-refractivity contribution in [1.29, 1.82) is 0 Å². The van der Waals surface area contributed by atoms with E-state index in [-0.39, 0.29) is 11.8 Å². The number of rotatable bonds is 3. The molecule has 0 aliphatic heterocycles. The van der Waals surface area contributed by atoms with Gasteiger partial charge in [-0.3, -0.25) is 4.79 Å². The summed E-state index contributed by atoms with van der Waals surface area (Å²) in [5.74, 6) is -0.667. The Morgan fingerprint density at radius 2 is 2.18 bits per heavy atom. The number of carboxylic acid groups (broad SMARTS) is 1. The summed E-state index contributed by atoms with van der Waals surface area (Å²) >= 11 is 0. The molecule has 0 spiro atoms. The van der Waals surface area contributed by atoms with Gasteiger partial charge < -0.3 is 5.11 Å². The largest absolute Gasteiger partial charge is 0.481 e. The van der Waals surface area contributed by atoms with Crippen LogP contribution in [0.15, 0.2) is 24.3 Å². The number of carbonyl (C=O) groups is 1. The highest BCUT2D eigenvalue weighted by atomic mass is 16.4. The first-order chi connectivity index (χ1) is 8.24. The van der Waals surface area contributed by atoms with Crippen LogP contribution >= 0.6 is 0 Å². The second-order valence-electron chi connectivity index (χ2n) is 4.90. The first-order valence-corrected chi connectivity index (χ1v) is 6.54. The lowest BCUT2D eigenvalue weighted by Gasteiger charge is -2.23. The maximum absolute atomic E-state index is 11.4. The van der Waals surface area contributed by atoms with Gasteiger partial charge in [-0.1, -0.05) is 37.6 Å². The summed E-state index contributed by atoms with van der Waals surface area (Å²) in [4.78, 5) is 11.4. The normalized spacial score (nSPS) is 21.4. The van der Waals surface area contributed by atoms with Crippen LogP contribution in [0.25, 0.3) is 0 Å². The fourth-order valence-corrected chi connectivity index (χ4v) is 3.01. The number of fused-ring (bicyclic) bond motifs is 1. The van der Waals surface area contributed by atoms with E-state index in [1.807, 2.05) is 13.0 Å². The molecule has 0 heterocycles. The van der Waals surface area contributed by atoms with E-state index in [1.165, 1.54) is 17.5 Å². The number of aryl methyl sites for hydroxylation is 1. The van der Waals surface area contributed by atoms with Crippen LogP contribution in [0.2, 0.25) is 0 Å². The van der Waals surface area contributed by atoms with Crippen LogP contribution in [0.5, 0.6) is 0 Å². The van der Waals surface area contributed by atoms with Crippen molar-refractivity contribution in [2.45, 2.75) is 44.9 Å². The predicted octanol–water partition coefficient (Wildman–Crippen LogP) is 3.61. The molecule has 1 aromatic rings. The maximum atomic E-state index is 11.4. The molecule has 2 heteroatoms. The average Bonchev–Trinajstić information content (AvgIpc) is 2.53. The minimum atomic E-state index is -0.644. The van der Waals surface area contributed by atoms with Crippen molar-refractivity contribution in [2.24, 2.45) is 5.92 Å². The Morgan fingerprint density at radius 3 is 2.88 bits per heavy atom. The quantitative estimate of drug-likeness (QED) is 0.808. The highest BCUT2D eigenvalue weighted by molar-refractivity contribution is 5.71. The first-order valence-electron chi connectivity index (χ1n) is 6.54. The number of hydrogen-bond acceptors (Lipinski definition) is 1. The molecule has 0 bridgehead atoms. The van der Waals surface area contributed by atoms with Crippen molar-refractivity contribution >= 4 is 5.97 Å². The summed E-state index contributed by atoms with van der Waals surface area (Å²) in [6.07, 6.45) is 5.16. The molecule has 17 heavy (non-hydrogen) atoms. The van der Waals surface area contributed by atoms with Crippen LogP contribution in [-0.4, -0.2) is 11.1 Å². The van der Waals surface area contributed by atoms with Crippen LogP contribution < -0.4 is 0 Å². The van der Waals surface area contributed by atoms with E-state index < -0.39 is 5.97 Å². The Morgan fingerprint density at radius 1 is 1.41 bits per heavy atom. The summed E-state index contributed by atoms with van der Waals surface area (Å²) in [6, 6.07) is 8.37. The molecule has 0 fully saturated rings. The van der Waals surface area contributed by atoms with Gasteiger partial charge in [-0.2, -0.15) is 0 Å². The van der Waals surface area contributed by atoms with E-state index in [1.54, 1.807) is 0 Å². The third-order valence-corrected chi connectivity index (χ3v) is 3.91. The van der Waals surface area contributed by atoms with Gasteiger partial charge in [0.2, 0.25) is 0 Å². The van der Waals surface area contributed by atoms with Crippen LogP contribution in [-0.2, 0) is 11.2 Å². The van der Waals surface area contributed by atoms with Gasteiger partial charge in [-0.15, -0.1) is 0 Å². The monoisotopic (exact) mass is 232 g/mol. The van der Waals surface area contributed by atoms with Gasteiger partial charge in [0.15, 0.2) is 0 Å². The first kappa shape index (κ1) is 12.2. The second-order valence-corrected chi connectivity index (χ2v) is 4.90. The van der Waals surface area contributed by atoms with Gasteiger partial charge in [0.1, 0.15) is 0 Å². The van der Waals surface area contributed by atoms with Gasteiger partial charge in [-0.05, 0) is 42.7 Å². The second kappa shape index (κ2) is 5.35. The predicted molar refractivity (Wildman–Crippen MR) is 68.2 cm³/mol. The fraction of sp³-hybridized carbons (Fsp3) is 0.533. The maximum Gasteiger partial charge on any atom is 0.307 e. The van der Waals surface area contributed by atoms with E-state index in [2.05, 4.69) is 18.2 Å². The van der Waals surface area contributed by atoms with Gasteiger partial charge in [0.05, 0.1) is 5.92 Å². The smallest absolute Gasteiger partial charge is 0.307 e. The zero-order valence-corrected chi connectivity index (χ0v) is 10.4. The highest BCUT2D eigenvalue weighted by Crippen LogP contribution is 2.37. The minimum Gasteiger partial charge on any atom is -0.481 e. The lowest BCUT2D eigenvalue weighted by atomic mass is 9.81. The van der Waals surface area contributed by atoms with Gasteiger partial charge in [-0.25, -0.2) is 0 Å². The lowest BCUT2D eigenvalue weighted by Crippen LogP contribution is -2.21. The minimum absolute atomic E-state index is 0.205. The molecular formula is C15H20O2. The summed E-state index contributed by atoms with van der Waals surface area (Å²) in [5, 5.41) is 9.34. The Hall–Kier alpha value is -1.31. The number of aliphatic carboxylic acids is 1. The standard InChI is InChI=1S/C15H20O2/c1-2-12(15(16)17)14-10-6-4-8-11-7-3-5-9-13(11)14/h3,5,7,9,12,14H,2,4,6,8,10H2,1H3,(H,16,17). The van der Waals surface area contributed by atoms with Crippen molar-refractivity contribution < 1.29 is 9.90 Å². The molecule has 0 aromatic heterocycles. The third kappa shape index (κ3) is 2.51. The molecule has 0 saturated heterocycles. The van der Waals surface area contributed by atoms with E-state index in [4.69, 9.17) is 0 Å². The Kier molecular flexibility index (Phi) is 3.82. The zero-order chi connectivity index (χ0) is 12.3. The van der Waals surface area contributed by atoms with Crippen molar-refractivity contribution in [3.05, 3.63) is 35.4 Å². The third-order valence-electron chi connectivity index (χ3n) is 3.91. The molecule has 0 radical (unpaired) electrons. The van der Waals surface area contributed by atoms with Crippen molar-refractivity contribution in [1.82, 2.24) is 0 Å². The zero-order valence-electron chi connectivity index (χ0n) is 10.4. The molecule has 2 atom stereocenters. The van der Waals surface area contributed by atoms with Crippen LogP contribution in [0, 0.1) is 5.92 Å². The van der Waals surface area contributed by atoms with Crippen LogP contribution in [0.3, 0.4) is 0 Å². The number of hydrogen-bond donors (Lipinski definition) is 1. The molecule has 0 amide bonds. The van der Waals surface area contributed by atoms with Gasteiger partial charge in [0, 0.05) is 0 Å². The molecule has 1 N–H and O–H groups in total. The van der Waals surface area contributed by atoms with Crippen molar-refractivity contribution in [3.8, 4) is 0 Å². The summed E-state index contributed by atoms with van der Waals surface area (Å²) < 4.78 is 0. The molecule has 1 aromatic carbocycles. The lowest BCUT2D eigenvalue weighted by molar-refractivity contribution is -0.142. The van der Waals surface area contributed by atoms with Gasteiger partial charge in [0.25, 0.3) is 0 Å². The summed E-state index contributed by atoms with van der Waals surface area (Å²) in [7, 11) is 0. The average molecular weight is 232 g/mol. The molecule has 1 aliphatic carbocycles. The Labute approximate surface area is 103 Å². The van der Waals surface area contributed by atoms with Crippen molar-refractivity contribution in [2.75, 3.05) is 0 Å². The summed E-state index contributed by atoms with van der Waals surface area (Å²) in [6.45, 7) is 1.98. The van der Waals surface area contributed by atoms with Crippen LogP contribution in [0.4, 0.5) is 0 Å². The highest BCUT2D eigenvalue weighted by Gasteiger charge is 2.30. The SMILES string of the molecule is CCC(C(=O)O)C1CCCCc2ccccc21. The van der Waals surface area contributed by atoms with E-state index in [0.29, 0.717) is 6.42 Å². The van der Waals surface area contributed by atoms with Crippen molar-refractivity contribution in [3.63, 3.8) is 0 Å². The Bertz CT molecular complexity index is 398. The van der Waals surface area contributed by atoms with E-state index >= 15 is 0 Å².